The van der Waals surface area contributed by atoms with Gasteiger partial charge in [0.2, 0.25) is 17.0 Å². The van der Waals surface area contributed by atoms with Crippen LogP contribution in [0.1, 0.15) is 5.56 Å². The van der Waals surface area contributed by atoms with Crippen molar-refractivity contribution < 1.29 is 4.92 Å². The van der Waals surface area contributed by atoms with Crippen LogP contribution in [0.4, 0.5) is 17.3 Å². The number of nitrogens with one attached hydrogen (secondary N) is 3. The van der Waals surface area contributed by atoms with Crippen LogP contribution in [0, 0.1) is 17.0 Å². The van der Waals surface area contributed by atoms with Gasteiger partial charge in [0.05, 0.1) is 16.0 Å². The van der Waals surface area contributed by atoms with Crippen molar-refractivity contribution in [1.29, 1.82) is 0 Å². The predicted molar refractivity (Wildman–Crippen MR) is 105 cm³/mol. The van der Waals surface area contributed by atoms with Gasteiger partial charge < -0.3 is 16.0 Å². The number of nitro groups is 1. The fourth-order valence-electron chi connectivity index (χ4n) is 2.29. The van der Waals surface area contributed by atoms with Crippen LogP contribution in [0.5, 0.6) is 0 Å². The number of non-ortho nitro benzene ring substituents is 1. The van der Waals surface area contributed by atoms with E-state index in [-0.39, 0.29) is 16.8 Å². The number of aromatic nitrogens is 2. The number of hydrogen-bond donors (Lipinski definition) is 4. The maximum absolute atomic E-state index is 10.8. The monoisotopic (exact) mass is 369 g/mol. The molecule has 0 saturated heterocycles. The highest BCUT2D eigenvalue weighted by atomic mass is 32.1. The van der Waals surface area contributed by atoms with Crippen LogP contribution in [-0.2, 0) is 0 Å². The van der Waals surface area contributed by atoms with E-state index in [0.717, 1.165) is 11.3 Å². The number of benzene rings is 2. The molecule has 0 aliphatic carbocycles. The fraction of sp³-hybridized carbons (Fsp3) is 0.0625. The van der Waals surface area contributed by atoms with Crippen LogP contribution < -0.4 is 16.4 Å². The van der Waals surface area contributed by atoms with Crippen molar-refractivity contribution in [2.24, 2.45) is 10.7 Å². The Morgan fingerprint density at radius 1 is 1.31 bits per heavy atom. The second kappa shape index (κ2) is 7.15. The van der Waals surface area contributed by atoms with Gasteiger partial charge in [-0.1, -0.05) is 18.2 Å². The first kappa shape index (κ1) is 17.3. The summed E-state index contributed by atoms with van der Waals surface area (Å²) in [5.74, 6) is 0.338. The number of nitrogens with zero attached hydrogens (tertiary/aromatic N) is 3. The summed E-state index contributed by atoms with van der Waals surface area (Å²) in [5.41, 5.74) is 8.74. The molecule has 0 atom stereocenters. The number of nitro benzene ring substituents is 1. The zero-order valence-corrected chi connectivity index (χ0v) is 14.5. The quantitative estimate of drug-likeness (QED) is 0.183. The standard InChI is InChI=1S/C16H15N7O2S/c1-9-4-2-3-5-11(9)20-16(26)22-14(17)21-15-18-12-7-6-10(23(24)25)8-13(12)19-15/h2-8H,1H3,(H5,17,18,19,20,21,22,26). The van der Waals surface area contributed by atoms with E-state index in [9.17, 15) is 10.1 Å². The Balaban J connectivity index is 1.72. The zero-order valence-electron chi connectivity index (χ0n) is 13.7. The Morgan fingerprint density at radius 3 is 2.81 bits per heavy atom. The lowest BCUT2D eigenvalue weighted by molar-refractivity contribution is -0.384. The van der Waals surface area contributed by atoms with Gasteiger partial charge in [0.25, 0.3) is 5.69 Å². The highest BCUT2D eigenvalue weighted by Gasteiger charge is 2.10. The largest absolute Gasteiger partial charge is 0.369 e. The summed E-state index contributed by atoms with van der Waals surface area (Å²) in [6.07, 6.45) is 0. The Hall–Kier alpha value is -3.53. The summed E-state index contributed by atoms with van der Waals surface area (Å²) in [7, 11) is 0. The summed E-state index contributed by atoms with van der Waals surface area (Å²) in [6, 6.07) is 12.0. The number of thiocarbonyl (C=S) groups is 1. The molecule has 0 aliphatic rings. The minimum absolute atomic E-state index is 0.0297. The third-order valence-electron chi connectivity index (χ3n) is 3.53. The van der Waals surface area contributed by atoms with Crippen LogP contribution in [0.15, 0.2) is 47.5 Å². The first-order chi connectivity index (χ1) is 12.4. The number of imidazole rings is 1. The molecular weight excluding hydrogens is 354 g/mol. The molecule has 1 aromatic heterocycles. The van der Waals surface area contributed by atoms with Crippen molar-refractivity contribution in [2.75, 3.05) is 10.6 Å². The molecule has 0 unspecified atom stereocenters. The molecule has 5 N–H and O–H groups in total. The van der Waals surface area contributed by atoms with E-state index in [1.165, 1.54) is 12.1 Å². The van der Waals surface area contributed by atoms with Crippen molar-refractivity contribution >= 4 is 51.6 Å². The summed E-state index contributed by atoms with van der Waals surface area (Å²) in [6.45, 7) is 1.95. The lowest BCUT2D eigenvalue weighted by atomic mass is 10.2. The molecule has 1 heterocycles. The fourth-order valence-corrected chi connectivity index (χ4v) is 2.49. The molecular formula is C16H15N7O2S. The van der Waals surface area contributed by atoms with Gasteiger partial charge in [-0.2, -0.15) is 4.99 Å². The summed E-state index contributed by atoms with van der Waals surface area (Å²) in [5, 5.41) is 16.8. The third kappa shape index (κ3) is 3.92. The summed E-state index contributed by atoms with van der Waals surface area (Å²) >= 11 is 5.17. The number of hydrogen-bond acceptors (Lipinski definition) is 4. The molecule has 0 bridgehead atoms. The maximum Gasteiger partial charge on any atom is 0.271 e. The first-order valence-electron chi connectivity index (χ1n) is 7.54. The highest BCUT2D eigenvalue weighted by molar-refractivity contribution is 7.80. The van der Waals surface area contributed by atoms with E-state index >= 15 is 0 Å². The number of guanidine groups is 1. The Labute approximate surface area is 153 Å². The molecule has 3 rings (SSSR count). The Bertz CT molecular complexity index is 1030. The molecule has 132 valence electrons. The van der Waals surface area contributed by atoms with Crippen molar-refractivity contribution in [3.63, 3.8) is 0 Å². The number of aromatic amines is 1. The van der Waals surface area contributed by atoms with Gasteiger partial charge in [-0.05, 0) is 36.8 Å². The molecule has 0 fully saturated rings. The van der Waals surface area contributed by atoms with Gasteiger partial charge in [0.15, 0.2) is 0 Å². The number of anilines is 2. The van der Waals surface area contributed by atoms with Gasteiger partial charge in [-0.25, -0.2) is 4.98 Å². The maximum atomic E-state index is 10.8. The minimum Gasteiger partial charge on any atom is -0.369 e. The summed E-state index contributed by atoms with van der Waals surface area (Å²) in [4.78, 5) is 21.6. The molecule has 0 radical (unpaired) electrons. The number of aliphatic imine (C=N–C) groups is 1. The number of aryl methyl sites for hydroxylation is 1. The SMILES string of the molecule is Cc1ccccc1NC(=S)/N=C(\N)Nc1nc2ccc([N+](=O)[O-])cc2[nH]1. The van der Waals surface area contributed by atoms with E-state index < -0.39 is 4.92 Å². The Kier molecular flexibility index (Phi) is 4.76. The van der Waals surface area contributed by atoms with Crippen molar-refractivity contribution in [3.8, 4) is 0 Å². The third-order valence-corrected chi connectivity index (χ3v) is 3.72. The molecule has 10 heteroatoms. The molecule has 26 heavy (non-hydrogen) atoms. The average molecular weight is 369 g/mol. The number of rotatable bonds is 3. The van der Waals surface area contributed by atoms with E-state index in [2.05, 4.69) is 25.6 Å². The second-order valence-electron chi connectivity index (χ2n) is 5.41. The number of para-hydroxylation sites is 1. The van der Waals surface area contributed by atoms with E-state index in [1.807, 2.05) is 31.2 Å². The van der Waals surface area contributed by atoms with E-state index in [0.29, 0.717) is 17.0 Å². The van der Waals surface area contributed by atoms with Crippen LogP contribution >= 0.6 is 12.2 Å². The molecule has 2 aromatic carbocycles. The van der Waals surface area contributed by atoms with Crippen LogP contribution in [0.2, 0.25) is 0 Å². The second-order valence-corrected chi connectivity index (χ2v) is 5.80. The van der Waals surface area contributed by atoms with Crippen molar-refractivity contribution in [2.45, 2.75) is 6.92 Å². The van der Waals surface area contributed by atoms with Gasteiger partial charge in [0, 0.05) is 17.8 Å². The molecule has 0 amide bonds. The number of nitrogens with two attached hydrogens (primary N) is 1. The number of fused-ring (bicyclic) bond motifs is 1. The normalized spacial score (nSPS) is 11.3. The van der Waals surface area contributed by atoms with Crippen molar-refractivity contribution in [1.82, 2.24) is 9.97 Å². The molecule has 0 saturated carbocycles. The van der Waals surface area contributed by atoms with Gasteiger partial charge >= 0.3 is 0 Å². The smallest absolute Gasteiger partial charge is 0.271 e. The number of H-pyrrole nitrogens is 1. The van der Waals surface area contributed by atoms with Crippen LogP contribution in [-0.4, -0.2) is 26.0 Å². The molecule has 9 nitrogen and oxygen atoms in total. The summed E-state index contributed by atoms with van der Waals surface area (Å²) < 4.78 is 0. The van der Waals surface area contributed by atoms with Crippen LogP contribution in [0.25, 0.3) is 11.0 Å². The first-order valence-corrected chi connectivity index (χ1v) is 7.95. The zero-order chi connectivity index (χ0) is 18.7. The van der Waals surface area contributed by atoms with E-state index in [1.54, 1.807) is 6.07 Å². The lowest BCUT2D eigenvalue weighted by Crippen LogP contribution is -2.25. The highest BCUT2D eigenvalue weighted by Crippen LogP contribution is 2.20. The predicted octanol–water partition coefficient (Wildman–Crippen LogP) is 2.90. The molecule has 0 spiro atoms. The molecule has 3 aromatic rings. The van der Waals surface area contributed by atoms with Gasteiger partial charge in [0.1, 0.15) is 0 Å². The van der Waals surface area contributed by atoms with Gasteiger partial charge in [-0.15, -0.1) is 0 Å². The Morgan fingerprint density at radius 2 is 2.08 bits per heavy atom. The average Bonchev–Trinajstić information content (AvgIpc) is 2.97. The minimum atomic E-state index is -0.473. The lowest BCUT2D eigenvalue weighted by Gasteiger charge is -2.08. The van der Waals surface area contributed by atoms with Crippen molar-refractivity contribution in [3.05, 3.63) is 58.1 Å². The topological polar surface area (TPSA) is 134 Å². The van der Waals surface area contributed by atoms with Crippen LogP contribution in [0.3, 0.4) is 0 Å². The van der Waals surface area contributed by atoms with E-state index in [4.69, 9.17) is 18.0 Å². The molecule has 0 aliphatic heterocycles. The van der Waals surface area contributed by atoms with Gasteiger partial charge in [-0.3, -0.25) is 15.4 Å².